The Morgan fingerprint density at radius 1 is 0.804 bits per heavy atom. The smallest absolute Gasteiger partial charge is 0.164 e. The van der Waals surface area contributed by atoms with E-state index < -0.39 is 0 Å². The number of fused-ring (bicyclic) bond motifs is 6. The number of hydrogen-bond donors (Lipinski definition) is 1. The van der Waals surface area contributed by atoms with E-state index in [4.69, 9.17) is 9.97 Å². The third-order valence-electron chi connectivity index (χ3n) is 10.7. The molecule has 51 heavy (non-hydrogen) atoms. The zero-order valence-electron chi connectivity index (χ0n) is 32.2. The van der Waals surface area contributed by atoms with Gasteiger partial charge in [-0.25, -0.2) is 4.98 Å². The number of allylic oxidation sites excluding steroid dienone is 2. The van der Waals surface area contributed by atoms with Gasteiger partial charge in [-0.1, -0.05) is 133 Å². The molecule has 0 saturated carbocycles. The van der Waals surface area contributed by atoms with Crippen molar-refractivity contribution in [1.82, 2.24) is 9.97 Å². The average Bonchev–Trinajstić information content (AvgIpc) is 3.35. The van der Waals surface area contributed by atoms with Crippen molar-refractivity contribution in [2.45, 2.75) is 107 Å². The maximum Gasteiger partial charge on any atom is 0.164 e. The second-order valence-electron chi connectivity index (χ2n) is 15.6. The number of ketones is 1. The Morgan fingerprint density at radius 3 is 2.10 bits per heavy atom. The van der Waals surface area contributed by atoms with Gasteiger partial charge < -0.3 is 5.11 Å². The maximum absolute atomic E-state index is 12.1. The molecular weight excluding hydrogens is 805 g/mol. The number of nitrogens with zero attached hydrogens (tertiary/aromatic N) is 2. The van der Waals surface area contributed by atoms with Gasteiger partial charge in [-0.3, -0.25) is 9.78 Å². The summed E-state index contributed by atoms with van der Waals surface area (Å²) in [7, 11) is 0. The standard InChI is InChI=1S/C32H29N2.C14H26O2.Ir/c1-31(2,3)18-21-11-8-14-24-22(21)13-9-15-25(24)29-28-27-23-12-7-6-10-20(23)16-17-26(27)32(4,5)30(28)34-19-33-29;1-6-11(7-2)13(15)10(5)14(16)12(8-3)9-4;/h6-14,16-17,19H,18H2,1-5H3;11-12,15H,6-9H2,1-5H3;/q-1;;/b;13-10-;. The van der Waals surface area contributed by atoms with Crippen LogP contribution < -0.4 is 0 Å². The van der Waals surface area contributed by atoms with Crippen LogP contribution in [0.5, 0.6) is 0 Å². The van der Waals surface area contributed by atoms with Crippen LogP contribution in [0.4, 0.5) is 0 Å². The maximum atomic E-state index is 12.1. The number of carbonyl (C=O) groups excluding carboxylic acids is 1. The quantitative estimate of drug-likeness (QED) is 0.0911. The normalized spacial score (nSPS) is 13.7. The monoisotopic (exact) mass is 860 g/mol. The van der Waals surface area contributed by atoms with Crippen molar-refractivity contribution in [3.63, 3.8) is 0 Å². The van der Waals surface area contributed by atoms with E-state index in [0.29, 0.717) is 11.3 Å². The van der Waals surface area contributed by atoms with Gasteiger partial charge >= 0.3 is 0 Å². The van der Waals surface area contributed by atoms with Gasteiger partial charge in [-0.2, -0.15) is 0 Å². The Hall–Kier alpha value is -3.66. The van der Waals surface area contributed by atoms with Crippen molar-refractivity contribution in [3.8, 4) is 22.4 Å². The van der Waals surface area contributed by atoms with E-state index >= 15 is 0 Å². The van der Waals surface area contributed by atoms with E-state index in [2.05, 4.69) is 107 Å². The Bertz CT molecular complexity index is 2040. The molecule has 1 heterocycles. The minimum absolute atomic E-state index is 0. The van der Waals surface area contributed by atoms with Crippen LogP contribution in [0.1, 0.15) is 112 Å². The molecular formula is C46H55IrN2O2-. The molecule has 0 aliphatic heterocycles. The molecule has 5 heteroatoms. The first-order valence-electron chi connectivity index (χ1n) is 18.5. The van der Waals surface area contributed by atoms with Crippen LogP contribution >= 0.6 is 0 Å². The molecule has 1 aliphatic rings. The van der Waals surface area contributed by atoms with E-state index in [1.807, 2.05) is 27.7 Å². The second-order valence-corrected chi connectivity index (χ2v) is 15.6. The molecule has 1 radical (unpaired) electrons. The van der Waals surface area contributed by atoms with Crippen LogP contribution in [0.3, 0.4) is 0 Å². The van der Waals surface area contributed by atoms with Crippen LogP contribution in [0.2, 0.25) is 0 Å². The minimum atomic E-state index is -0.186. The van der Waals surface area contributed by atoms with E-state index in [9.17, 15) is 9.90 Å². The Balaban J connectivity index is 0.000000294. The summed E-state index contributed by atoms with van der Waals surface area (Å²) in [6.07, 6.45) is 6.23. The summed E-state index contributed by atoms with van der Waals surface area (Å²) in [6, 6.07) is 27.6. The molecule has 0 fully saturated rings. The Kier molecular flexibility index (Phi) is 12.9. The summed E-state index contributed by atoms with van der Waals surface area (Å²) in [5, 5.41) is 15.0. The van der Waals surface area contributed by atoms with Crippen LogP contribution in [0, 0.1) is 23.3 Å². The molecule has 271 valence electrons. The molecule has 0 saturated heterocycles. The van der Waals surface area contributed by atoms with Crippen molar-refractivity contribution < 1.29 is 30.0 Å². The molecule has 6 rings (SSSR count). The number of aliphatic hydroxyl groups is 1. The number of benzene rings is 4. The fraction of sp³-hybridized carbons (Fsp3) is 0.413. The van der Waals surface area contributed by atoms with Crippen molar-refractivity contribution >= 4 is 27.3 Å². The van der Waals surface area contributed by atoms with Gasteiger partial charge in [0.05, 0.1) is 5.69 Å². The summed E-state index contributed by atoms with van der Waals surface area (Å²) in [5.41, 5.74) is 8.85. The van der Waals surface area contributed by atoms with Gasteiger partial charge in [-0.15, -0.1) is 23.8 Å². The second kappa shape index (κ2) is 16.3. The van der Waals surface area contributed by atoms with E-state index in [1.165, 1.54) is 38.2 Å². The topological polar surface area (TPSA) is 63.1 Å². The fourth-order valence-electron chi connectivity index (χ4n) is 7.78. The van der Waals surface area contributed by atoms with Gasteiger partial charge in [0.2, 0.25) is 0 Å². The molecule has 1 aromatic heterocycles. The molecule has 0 bridgehead atoms. The Morgan fingerprint density at radius 2 is 1.45 bits per heavy atom. The number of rotatable bonds is 9. The summed E-state index contributed by atoms with van der Waals surface area (Å²) >= 11 is 0. The van der Waals surface area contributed by atoms with E-state index in [0.717, 1.165) is 54.6 Å². The van der Waals surface area contributed by atoms with Crippen molar-refractivity contribution in [1.29, 1.82) is 0 Å². The number of aromatic nitrogens is 2. The SMILES string of the molecule is CC(C)(C)Cc1cccc2c(-c3ncnc4c3-c3c(ccc5ccccc35)C4(C)C)[c-]ccc12.CCC(CC)C(=O)/C(C)=C(\O)C(CC)CC.[Ir]. The largest absolute Gasteiger partial charge is 0.512 e. The van der Waals surface area contributed by atoms with E-state index in [-0.39, 0.29) is 48.6 Å². The van der Waals surface area contributed by atoms with Crippen molar-refractivity contribution in [2.24, 2.45) is 17.3 Å². The number of aliphatic hydroxyl groups excluding tert-OH is 1. The van der Waals surface area contributed by atoms with Crippen LogP contribution in [-0.2, 0) is 36.7 Å². The van der Waals surface area contributed by atoms with Gasteiger partial charge in [0.1, 0.15) is 12.1 Å². The molecule has 4 aromatic carbocycles. The molecule has 0 spiro atoms. The minimum Gasteiger partial charge on any atom is -0.512 e. The first-order valence-corrected chi connectivity index (χ1v) is 18.5. The number of carbonyl (C=O) groups is 1. The number of hydrogen-bond acceptors (Lipinski definition) is 4. The third-order valence-corrected chi connectivity index (χ3v) is 10.7. The summed E-state index contributed by atoms with van der Waals surface area (Å²) in [5.74, 6) is 0.631. The predicted octanol–water partition coefficient (Wildman–Crippen LogP) is 12.4. The van der Waals surface area contributed by atoms with E-state index in [1.54, 1.807) is 13.3 Å². The van der Waals surface area contributed by atoms with Gasteiger partial charge in [0, 0.05) is 48.6 Å². The van der Waals surface area contributed by atoms with Crippen LogP contribution in [0.25, 0.3) is 43.9 Å². The number of Topliss-reactive ketones (excluding diaryl/α,β-unsaturated/α-hetero) is 1. The zero-order chi connectivity index (χ0) is 36.4. The fourth-order valence-corrected chi connectivity index (χ4v) is 7.78. The van der Waals surface area contributed by atoms with Gasteiger partial charge in [-0.05, 0) is 71.9 Å². The Labute approximate surface area is 319 Å². The van der Waals surface area contributed by atoms with Crippen molar-refractivity contribution in [2.75, 3.05) is 0 Å². The average molecular weight is 860 g/mol. The van der Waals surface area contributed by atoms with Gasteiger partial charge in [0.15, 0.2) is 5.78 Å². The van der Waals surface area contributed by atoms with Gasteiger partial charge in [0.25, 0.3) is 0 Å². The summed E-state index contributed by atoms with van der Waals surface area (Å²) in [4.78, 5) is 21.8. The van der Waals surface area contributed by atoms with Crippen LogP contribution in [0.15, 0.2) is 84.4 Å². The third kappa shape index (κ3) is 7.91. The molecule has 5 aromatic rings. The summed E-state index contributed by atoms with van der Waals surface area (Å²) < 4.78 is 0. The zero-order valence-corrected chi connectivity index (χ0v) is 34.6. The molecule has 4 nitrogen and oxygen atoms in total. The predicted molar refractivity (Wildman–Crippen MR) is 211 cm³/mol. The van der Waals surface area contributed by atoms with Crippen LogP contribution in [-0.4, -0.2) is 20.9 Å². The van der Waals surface area contributed by atoms with Crippen molar-refractivity contribution in [3.05, 3.63) is 107 Å². The molecule has 0 atom stereocenters. The molecule has 0 amide bonds. The molecule has 1 aliphatic carbocycles. The first kappa shape index (κ1) is 40.1. The molecule has 1 N–H and O–H groups in total. The summed E-state index contributed by atoms with van der Waals surface area (Å²) in [6.45, 7) is 21.3. The molecule has 0 unspecified atom stereocenters. The first-order chi connectivity index (χ1) is 23.8.